The zero-order chi connectivity index (χ0) is 14.4. The molecule has 106 valence electrons. The molecular weight excluding hydrogens is 274 g/mol. The Hall–Kier alpha value is -1.85. The molecule has 4 nitrogen and oxygen atoms in total. The van der Waals surface area contributed by atoms with Crippen LogP contribution < -0.4 is 9.46 Å². The second-order valence-electron chi connectivity index (χ2n) is 4.38. The number of aryl methyl sites for hydroxylation is 1. The van der Waals surface area contributed by atoms with Crippen LogP contribution in [0.25, 0.3) is 0 Å². The van der Waals surface area contributed by atoms with Crippen LogP contribution in [0, 0.1) is 6.92 Å². The van der Waals surface area contributed by atoms with E-state index in [1.165, 1.54) is 0 Å². The molecule has 0 bridgehead atoms. The minimum atomic E-state index is -3.47. The van der Waals surface area contributed by atoms with E-state index in [2.05, 4.69) is 4.72 Å². The maximum atomic E-state index is 12.0. The number of benzene rings is 2. The minimum Gasteiger partial charge on any atom is -0.492 e. The highest BCUT2D eigenvalue weighted by Crippen LogP contribution is 2.11. The molecule has 0 heterocycles. The zero-order valence-corrected chi connectivity index (χ0v) is 12.1. The van der Waals surface area contributed by atoms with Crippen LogP contribution in [0.15, 0.2) is 59.5 Å². The van der Waals surface area contributed by atoms with Crippen molar-refractivity contribution in [2.75, 3.05) is 13.2 Å². The molecule has 20 heavy (non-hydrogen) atoms. The number of para-hydroxylation sites is 1. The summed E-state index contributed by atoms with van der Waals surface area (Å²) < 4.78 is 32.0. The molecule has 5 heteroatoms. The lowest BCUT2D eigenvalue weighted by atomic mass is 10.2. The lowest BCUT2D eigenvalue weighted by Gasteiger charge is -2.09. The highest BCUT2D eigenvalue weighted by Gasteiger charge is 2.12. The number of ether oxygens (including phenoxy) is 1. The van der Waals surface area contributed by atoms with E-state index in [0.29, 0.717) is 0 Å². The fourth-order valence-corrected chi connectivity index (χ4v) is 2.84. The molecule has 2 aromatic rings. The molecule has 0 saturated heterocycles. The van der Waals surface area contributed by atoms with Gasteiger partial charge in [0.1, 0.15) is 12.4 Å². The topological polar surface area (TPSA) is 55.4 Å². The summed E-state index contributed by atoms with van der Waals surface area (Å²) in [6.45, 7) is 2.37. The summed E-state index contributed by atoms with van der Waals surface area (Å²) in [4.78, 5) is 0.275. The Kier molecular flexibility index (Phi) is 4.76. The van der Waals surface area contributed by atoms with Crippen molar-refractivity contribution in [3.63, 3.8) is 0 Å². The third-order valence-electron chi connectivity index (χ3n) is 2.71. The molecule has 0 atom stereocenters. The van der Waals surface area contributed by atoms with Crippen molar-refractivity contribution in [2.45, 2.75) is 11.8 Å². The Bertz CT molecular complexity index is 654. The van der Waals surface area contributed by atoms with Crippen molar-refractivity contribution in [3.8, 4) is 5.75 Å². The predicted molar refractivity (Wildman–Crippen MR) is 78.3 cm³/mol. The van der Waals surface area contributed by atoms with E-state index in [9.17, 15) is 8.42 Å². The Morgan fingerprint density at radius 2 is 1.80 bits per heavy atom. The lowest BCUT2D eigenvalue weighted by molar-refractivity contribution is 0.323. The number of hydrogen-bond donors (Lipinski definition) is 1. The maximum absolute atomic E-state index is 12.0. The van der Waals surface area contributed by atoms with Gasteiger partial charge in [-0.1, -0.05) is 30.3 Å². The smallest absolute Gasteiger partial charge is 0.240 e. The molecule has 0 spiro atoms. The molecule has 0 aliphatic heterocycles. The zero-order valence-electron chi connectivity index (χ0n) is 11.2. The van der Waals surface area contributed by atoms with Crippen LogP contribution in [0.4, 0.5) is 0 Å². The van der Waals surface area contributed by atoms with Crippen molar-refractivity contribution in [1.29, 1.82) is 0 Å². The second kappa shape index (κ2) is 6.54. The molecule has 2 rings (SSSR count). The van der Waals surface area contributed by atoms with Crippen molar-refractivity contribution in [1.82, 2.24) is 4.72 Å². The quantitative estimate of drug-likeness (QED) is 0.831. The Morgan fingerprint density at radius 1 is 1.05 bits per heavy atom. The van der Waals surface area contributed by atoms with Gasteiger partial charge in [0.25, 0.3) is 0 Å². The molecule has 0 amide bonds. The van der Waals surface area contributed by atoms with Gasteiger partial charge in [-0.15, -0.1) is 0 Å². The Morgan fingerprint density at radius 3 is 2.50 bits per heavy atom. The monoisotopic (exact) mass is 291 g/mol. The van der Waals surface area contributed by atoms with Gasteiger partial charge in [0.15, 0.2) is 0 Å². The molecule has 0 aliphatic rings. The summed E-state index contributed by atoms with van der Waals surface area (Å²) in [7, 11) is -3.47. The molecule has 0 aromatic heterocycles. The maximum Gasteiger partial charge on any atom is 0.240 e. The van der Waals surface area contributed by atoms with E-state index in [1.54, 1.807) is 18.2 Å². The molecule has 1 N–H and O–H groups in total. The Balaban J connectivity index is 1.87. The van der Waals surface area contributed by atoms with Gasteiger partial charge in [-0.25, -0.2) is 13.1 Å². The van der Waals surface area contributed by atoms with Gasteiger partial charge in [0.2, 0.25) is 10.0 Å². The van der Waals surface area contributed by atoms with Gasteiger partial charge >= 0.3 is 0 Å². The SMILES string of the molecule is Cc1cccc(S(=O)(=O)NCCOc2ccccc2)c1. The number of hydrogen-bond acceptors (Lipinski definition) is 3. The standard InChI is InChI=1S/C15H17NO3S/c1-13-6-5-9-15(12-13)20(17,18)16-10-11-19-14-7-3-2-4-8-14/h2-9,12,16H,10-11H2,1H3. The molecule has 0 saturated carbocycles. The van der Waals surface area contributed by atoms with Crippen LogP contribution in [0.5, 0.6) is 5.75 Å². The summed E-state index contributed by atoms with van der Waals surface area (Å²) in [5.74, 6) is 0.724. The van der Waals surface area contributed by atoms with Crippen LogP contribution in [0.3, 0.4) is 0 Å². The average Bonchev–Trinajstić information content (AvgIpc) is 2.45. The average molecular weight is 291 g/mol. The molecule has 0 unspecified atom stereocenters. The Labute approximate surface area is 119 Å². The molecule has 2 aromatic carbocycles. The van der Waals surface area contributed by atoms with E-state index in [-0.39, 0.29) is 18.0 Å². The predicted octanol–water partition coefficient (Wildman–Crippen LogP) is 2.35. The molecule has 0 radical (unpaired) electrons. The fourth-order valence-electron chi connectivity index (χ4n) is 1.73. The number of rotatable bonds is 6. The summed E-state index contributed by atoms with van der Waals surface area (Å²) in [5, 5.41) is 0. The second-order valence-corrected chi connectivity index (χ2v) is 6.14. The van der Waals surface area contributed by atoms with E-state index in [1.807, 2.05) is 43.3 Å². The van der Waals surface area contributed by atoms with Crippen LogP contribution in [0.2, 0.25) is 0 Å². The van der Waals surface area contributed by atoms with Crippen LogP contribution in [-0.4, -0.2) is 21.6 Å². The minimum absolute atomic E-state index is 0.227. The van der Waals surface area contributed by atoms with Crippen molar-refractivity contribution in [3.05, 3.63) is 60.2 Å². The largest absolute Gasteiger partial charge is 0.492 e. The third-order valence-corrected chi connectivity index (χ3v) is 4.16. The summed E-state index contributed by atoms with van der Waals surface area (Å²) in [6, 6.07) is 16.1. The first kappa shape index (κ1) is 14.6. The van der Waals surface area contributed by atoms with E-state index in [4.69, 9.17) is 4.74 Å². The van der Waals surface area contributed by atoms with Gasteiger partial charge in [-0.3, -0.25) is 0 Å². The van der Waals surface area contributed by atoms with E-state index < -0.39 is 10.0 Å². The summed E-state index contributed by atoms with van der Waals surface area (Å²) in [6.07, 6.45) is 0. The first-order chi connectivity index (χ1) is 9.58. The summed E-state index contributed by atoms with van der Waals surface area (Å²) in [5.41, 5.74) is 0.911. The van der Waals surface area contributed by atoms with Gasteiger partial charge in [-0.2, -0.15) is 0 Å². The van der Waals surface area contributed by atoms with Gasteiger partial charge < -0.3 is 4.74 Å². The highest BCUT2D eigenvalue weighted by atomic mass is 32.2. The first-order valence-corrected chi connectivity index (χ1v) is 7.80. The van der Waals surface area contributed by atoms with Gasteiger partial charge in [0, 0.05) is 6.54 Å². The third kappa shape index (κ3) is 4.08. The highest BCUT2D eigenvalue weighted by molar-refractivity contribution is 7.89. The first-order valence-electron chi connectivity index (χ1n) is 6.32. The van der Waals surface area contributed by atoms with Crippen molar-refractivity contribution in [2.24, 2.45) is 0 Å². The van der Waals surface area contributed by atoms with E-state index in [0.717, 1.165) is 11.3 Å². The van der Waals surface area contributed by atoms with Crippen molar-refractivity contribution < 1.29 is 13.2 Å². The summed E-state index contributed by atoms with van der Waals surface area (Å²) >= 11 is 0. The number of sulfonamides is 1. The normalized spacial score (nSPS) is 11.2. The number of nitrogens with one attached hydrogen (secondary N) is 1. The van der Waals surface area contributed by atoms with Crippen LogP contribution >= 0.6 is 0 Å². The molecular formula is C15H17NO3S. The van der Waals surface area contributed by atoms with Crippen LogP contribution in [0.1, 0.15) is 5.56 Å². The fraction of sp³-hybridized carbons (Fsp3) is 0.200. The molecule has 0 aliphatic carbocycles. The lowest BCUT2D eigenvalue weighted by Crippen LogP contribution is -2.28. The van der Waals surface area contributed by atoms with Gasteiger partial charge in [-0.05, 0) is 36.8 Å². The van der Waals surface area contributed by atoms with Crippen molar-refractivity contribution >= 4 is 10.0 Å². The molecule has 0 fully saturated rings. The van der Waals surface area contributed by atoms with Crippen LogP contribution in [-0.2, 0) is 10.0 Å². The van der Waals surface area contributed by atoms with Gasteiger partial charge in [0.05, 0.1) is 4.90 Å². The van der Waals surface area contributed by atoms with E-state index >= 15 is 0 Å².